The Morgan fingerprint density at radius 2 is 2.07 bits per heavy atom. The van der Waals surface area contributed by atoms with Gasteiger partial charge in [-0.25, -0.2) is 0 Å². The number of carbonyl (C=O) groups is 2. The molecule has 0 bridgehead atoms. The standard InChI is InChI=1S/C11H8NO2/c1-2-4-7-5-3-6-8-9(7)11(14)12-10(8)13/h2-3,5-6H,1,4H2. The van der Waals surface area contributed by atoms with Gasteiger partial charge in [-0.2, -0.15) is 5.32 Å². The van der Waals surface area contributed by atoms with Gasteiger partial charge in [-0.3, -0.25) is 9.59 Å². The summed E-state index contributed by atoms with van der Waals surface area (Å²) in [7, 11) is 0. The normalized spacial score (nSPS) is 13.7. The molecular weight excluding hydrogens is 178 g/mol. The quantitative estimate of drug-likeness (QED) is 0.516. The minimum Gasteiger partial charge on any atom is -0.267 e. The van der Waals surface area contributed by atoms with Gasteiger partial charge < -0.3 is 0 Å². The summed E-state index contributed by atoms with van der Waals surface area (Å²) in [6.07, 6.45) is 2.28. The van der Waals surface area contributed by atoms with Crippen LogP contribution in [0.3, 0.4) is 0 Å². The zero-order valence-electron chi connectivity index (χ0n) is 7.49. The van der Waals surface area contributed by atoms with E-state index in [9.17, 15) is 9.59 Å². The van der Waals surface area contributed by atoms with Gasteiger partial charge in [0.15, 0.2) is 0 Å². The number of nitrogens with zero attached hydrogens (tertiary/aromatic N) is 1. The van der Waals surface area contributed by atoms with Crippen molar-refractivity contribution in [2.45, 2.75) is 6.42 Å². The first-order valence-corrected chi connectivity index (χ1v) is 4.27. The molecule has 14 heavy (non-hydrogen) atoms. The Labute approximate surface area is 81.4 Å². The van der Waals surface area contributed by atoms with Crippen LogP contribution in [0.15, 0.2) is 30.9 Å². The highest BCUT2D eigenvalue weighted by Crippen LogP contribution is 2.21. The average molecular weight is 186 g/mol. The molecule has 1 radical (unpaired) electrons. The highest BCUT2D eigenvalue weighted by atomic mass is 16.2. The van der Waals surface area contributed by atoms with Crippen LogP contribution in [0.4, 0.5) is 0 Å². The lowest BCUT2D eigenvalue weighted by Gasteiger charge is -2.00. The Kier molecular flexibility index (Phi) is 1.93. The topological polar surface area (TPSA) is 48.2 Å². The molecular formula is C11H8NO2. The number of amides is 2. The van der Waals surface area contributed by atoms with E-state index in [0.29, 0.717) is 17.5 Å². The SMILES string of the molecule is C=CCc1cccc2c1C(=O)[N]C2=O. The van der Waals surface area contributed by atoms with Gasteiger partial charge in [0.25, 0.3) is 11.8 Å². The van der Waals surface area contributed by atoms with E-state index < -0.39 is 11.8 Å². The van der Waals surface area contributed by atoms with Crippen molar-refractivity contribution in [1.29, 1.82) is 0 Å². The molecule has 0 aliphatic carbocycles. The second-order valence-electron chi connectivity index (χ2n) is 3.05. The Bertz CT molecular complexity index is 435. The molecule has 0 saturated heterocycles. The molecule has 3 nitrogen and oxygen atoms in total. The Hall–Kier alpha value is -1.90. The van der Waals surface area contributed by atoms with Crippen LogP contribution in [0.1, 0.15) is 26.3 Å². The van der Waals surface area contributed by atoms with Crippen molar-refractivity contribution in [3.8, 4) is 0 Å². The lowest BCUT2D eigenvalue weighted by Crippen LogP contribution is -2.11. The van der Waals surface area contributed by atoms with E-state index in [1.807, 2.05) is 6.07 Å². The van der Waals surface area contributed by atoms with Crippen LogP contribution in [0.2, 0.25) is 0 Å². The van der Waals surface area contributed by atoms with Crippen LogP contribution < -0.4 is 5.32 Å². The maximum Gasteiger partial charge on any atom is 0.281 e. The van der Waals surface area contributed by atoms with E-state index in [2.05, 4.69) is 11.9 Å². The van der Waals surface area contributed by atoms with Gasteiger partial charge in [0.2, 0.25) is 0 Å². The minimum absolute atomic E-state index is 0.411. The highest BCUT2D eigenvalue weighted by Gasteiger charge is 2.30. The molecule has 1 aliphatic heterocycles. The summed E-state index contributed by atoms with van der Waals surface area (Å²) < 4.78 is 0. The second-order valence-corrected chi connectivity index (χ2v) is 3.05. The molecule has 0 spiro atoms. The number of allylic oxidation sites excluding steroid dienone is 1. The molecule has 0 unspecified atom stereocenters. The van der Waals surface area contributed by atoms with E-state index in [-0.39, 0.29) is 0 Å². The van der Waals surface area contributed by atoms with Gasteiger partial charge in [-0.05, 0) is 18.1 Å². The molecule has 0 atom stereocenters. The predicted molar refractivity (Wildman–Crippen MR) is 51.1 cm³/mol. The molecule has 1 heterocycles. The third-order valence-electron chi connectivity index (χ3n) is 2.16. The van der Waals surface area contributed by atoms with Gasteiger partial charge in [0.1, 0.15) is 0 Å². The highest BCUT2D eigenvalue weighted by molar-refractivity contribution is 6.21. The van der Waals surface area contributed by atoms with Gasteiger partial charge in [-0.15, -0.1) is 6.58 Å². The summed E-state index contributed by atoms with van der Waals surface area (Å²) in [5.41, 5.74) is 1.67. The molecule has 1 aromatic rings. The van der Waals surface area contributed by atoms with Gasteiger partial charge >= 0.3 is 0 Å². The third-order valence-corrected chi connectivity index (χ3v) is 2.16. The molecule has 69 valence electrons. The van der Waals surface area contributed by atoms with Crippen LogP contribution >= 0.6 is 0 Å². The third kappa shape index (κ3) is 1.14. The zero-order valence-corrected chi connectivity index (χ0v) is 7.49. The van der Waals surface area contributed by atoms with Gasteiger partial charge in [0.05, 0.1) is 11.1 Å². The van der Waals surface area contributed by atoms with Crippen LogP contribution in [0.25, 0.3) is 0 Å². The average Bonchev–Trinajstić information content (AvgIpc) is 2.44. The van der Waals surface area contributed by atoms with E-state index in [4.69, 9.17) is 0 Å². The van der Waals surface area contributed by atoms with Gasteiger partial charge in [0, 0.05) is 0 Å². The Balaban J connectivity index is 2.61. The van der Waals surface area contributed by atoms with E-state index >= 15 is 0 Å². The zero-order chi connectivity index (χ0) is 10.1. The molecule has 0 saturated carbocycles. The van der Waals surface area contributed by atoms with Crippen LogP contribution in [0, 0.1) is 0 Å². The number of hydrogen-bond acceptors (Lipinski definition) is 2. The lowest BCUT2D eigenvalue weighted by molar-refractivity contribution is 0.0873. The summed E-state index contributed by atoms with van der Waals surface area (Å²) in [5.74, 6) is -0.863. The molecule has 0 N–H and O–H groups in total. The Morgan fingerprint density at radius 1 is 1.29 bits per heavy atom. The van der Waals surface area contributed by atoms with Crippen molar-refractivity contribution >= 4 is 11.8 Å². The molecule has 1 aliphatic rings. The number of imide groups is 1. The molecule has 0 aromatic heterocycles. The fraction of sp³-hybridized carbons (Fsp3) is 0.0909. The number of fused-ring (bicyclic) bond motifs is 1. The monoisotopic (exact) mass is 186 g/mol. The number of rotatable bonds is 2. The van der Waals surface area contributed by atoms with E-state index in [1.54, 1.807) is 18.2 Å². The number of hydrogen-bond donors (Lipinski definition) is 0. The van der Waals surface area contributed by atoms with Crippen molar-refractivity contribution in [3.63, 3.8) is 0 Å². The van der Waals surface area contributed by atoms with Gasteiger partial charge in [-0.1, -0.05) is 18.2 Å². The molecule has 2 amide bonds. The second kappa shape index (κ2) is 3.10. The van der Waals surface area contributed by atoms with E-state index in [0.717, 1.165) is 5.56 Å². The summed E-state index contributed by atoms with van der Waals surface area (Å²) >= 11 is 0. The molecule has 0 fully saturated rings. The molecule has 2 rings (SSSR count). The summed E-state index contributed by atoms with van der Waals surface area (Å²) in [5, 5.41) is 3.39. The summed E-state index contributed by atoms with van der Waals surface area (Å²) in [4.78, 5) is 22.6. The predicted octanol–water partition coefficient (Wildman–Crippen LogP) is 1.31. The first-order chi connectivity index (χ1) is 6.74. The Morgan fingerprint density at radius 3 is 2.79 bits per heavy atom. The first kappa shape index (κ1) is 8.69. The maximum absolute atomic E-state index is 11.3. The van der Waals surface area contributed by atoms with Crippen LogP contribution in [-0.2, 0) is 6.42 Å². The summed E-state index contributed by atoms with van der Waals surface area (Å²) in [6.45, 7) is 3.60. The summed E-state index contributed by atoms with van der Waals surface area (Å²) in [6, 6.07) is 5.19. The fourth-order valence-corrected chi connectivity index (χ4v) is 1.56. The maximum atomic E-state index is 11.3. The van der Waals surface area contributed by atoms with Crippen LogP contribution in [-0.4, -0.2) is 11.8 Å². The van der Waals surface area contributed by atoms with Crippen molar-refractivity contribution in [1.82, 2.24) is 5.32 Å². The van der Waals surface area contributed by atoms with Crippen LogP contribution in [0.5, 0.6) is 0 Å². The minimum atomic E-state index is -0.434. The fourth-order valence-electron chi connectivity index (χ4n) is 1.56. The van der Waals surface area contributed by atoms with Crippen molar-refractivity contribution in [2.75, 3.05) is 0 Å². The smallest absolute Gasteiger partial charge is 0.267 e. The molecule has 1 aromatic carbocycles. The lowest BCUT2D eigenvalue weighted by atomic mass is 10.0. The number of carbonyl (C=O) groups excluding carboxylic acids is 2. The van der Waals surface area contributed by atoms with Crippen molar-refractivity contribution in [3.05, 3.63) is 47.5 Å². The number of benzene rings is 1. The van der Waals surface area contributed by atoms with Crippen molar-refractivity contribution < 1.29 is 9.59 Å². The molecule has 3 heteroatoms. The first-order valence-electron chi connectivity index (χ1n) is 4.27. The van der Waals surface area contributed by atoms with E-state index in [1.165, 1.54) is 0 Å². The van der Waals surface area contributed by atoms with Crippen molar-refractivity contribution in [2.24, 2.45) is 0 Å². The largest absolute Gasteiger partial charge is 0.281 e.